The van der Waals surface area contributed by atoms with Crippen LogP contribution in [0.25, 0.3) is 27.7 Å². The summed E-state index contributed by atoms with van der Waals surface area (Å²) in [7, 11) is 0. The van der Waals surface area contributed by atoms with Crippen molar-refractivity contribution in [2.75, 3.05) is 5.73 Å². The second-order valence-electron chi connectivity index (χ2n) is 8.30. The number of benzene rings is 1. The van der Waals surface area contributed by atoms with Crippen LogP contribution in [0.1, 0.15) is 42.9 Å². The number of hydrogen-bond acceptors (Lipinski definition) is 5. The lowest BCUT2D eigenvalue weighted by Gasteiger charge is -2.26. The Bertz CT molecular complexity index is 1320. The molecular formula is C23H22BrN5O2. The summed E-state index contributed by atoms with van der Waals surface area (Å²) in [5.41, 5.74) is 11.9. The zero-order valence-corrected chi connectivity index (χ0v) is 18.6. The smallest absolute Gasteiger partial charge is 0.306 e. The van der Waals surface area contributed by atoms with Gasteiger partial charge in [0.25, 0.3) is 0 Å². The van der Waals surface area contributed by atoms with Crippen LogP contribution in [0.3, 0.4) is 0 Å². The van der Waals surface area contributed by atoms with Crippen molar-refractivity contribution in [3.8, 4) is 11.1 Å². The number of halogens is 1. The zero-order chi connectivity index (χ0) is 21.7. The van der Waals surface area contributed by atoms with Crippen LogP contribution in [0.4, 0.5) is 5.82 Å². The lowest BCUT2D eigenvalue weighted by molar-refractivity contribution is -0.142. The van der Waals surface area contributed by atoms with E-state index < -0.39 is 5.97 Å². The minimum Gasteiger partial charge on any atom is -0.481 e. The predicted molar refractivity (Wildman–Crippen MR) is 123 cm³/mol. The number of carboxylic acids is 1. The maximum Gasteiger partial charge on any atom is 0.306 e. The summed E-state index contributed by atoms with van der Waals surface area (Å²) in [4.78, 5) is 20.9. The van der Waals surface area contributed by atoms with Crippen LogP contribution >= 0.6 is 15.9 Å². The van der Waals surface area contributed by atoms with Crippen molar-refractivity contribution in [2.24, 2.45) is 5.92 Å². The number of fused-ring (bicyclic) bond motifs is 2. The summed E-state index contributed by atoms with van der Waals surface area (Å²) in [5, 5.41) is 14.8. The van der Waals surface area contributed by atoms with Gasteiger partial charge in [-0.05, 0) is 66.7 Å². The second-order valence-corrected chi connectivity index (χ2v) is 9.09. The van der Waals surface area contributed by atoms with Gasteiger partial charge < -0.3 is 10.8 Å². The Balaban J connectivity index is 1.59. The molecule has 0 unspecified atom stereocenters. The molecule has 5 rings (SSSR count). The number of nitrogen functional groups attached to an aromatic ring is 1. The third-order valence-corrected chi connectivity index (χ3v) is 7.07. The molecule has 0 bridgehead atoms. The monoisotopic (exact) mass is 479 g/mol. The molecule has 158 valence electrons. The molecule has 3 N–H and O–H groups in total. The van der Waals surface area contributed by atoms with Crippen molar-refractivity contribution in [1.29, 1.82) is 0 Å². The zero-order valence-electron chi connectivity index (χ0n) is 17.0. The maximum atomic E-state index is 11.3. The molecule has 0 radical (unpaired) electrons. The molecule has 1 aliphatic rings. The molecule has 0 amide bonds. The lowest BCUT2D eigenvalue weighted by atomic mass is 9.80. The molecule has 7 nitrogen and oxygen atoms in total. The number of hydrogen-bond donors (Lipinski definition) is 2. The SMILES string of the molecule is Cc1ccc2ncc(-c3cnn4c(N)c(Br)c(C5CCC(C(=O)O)CC5)nc34)cc2c1. The van der Waals surface area contributed by atoms with Crippen molar-refractivity contribution >= 4 is 44.3 Å². The minimum atomic E-state index is -0.711. The third-order valence-electron chi connectivity index (χ3n) is 6.26. The van der Waals surface area contributed by atoms with Crippen LogP contribution in [0, 0.1) is 12.8 Å². The molecule has 0 saturated heterocycles. The van der Waals surface area contributed by atoms with Gasteiger partial charge in [-0.25, -0.2) is 4.98 Å². The Hall–Kier alpha value is -3.00. The molecule has 0 aliphatic heterocycles. The van der Waals surface area contributed by atoms with Crippen molar-refractivity contribution < 1.29 is 9.90 Å². The molecule has 1 fully saturated rings. The molecule has 4 aromatic rings. The predicted octanol–water partition coefficient (Wildman–Crippen LogP) is 4.96. The van der Waals surface area contributed by atoms with Gasteiger partial charge in [0.15, 0.2) is 5.65 Å². The fraction of sp³-hybridized carbons (Fsp3) is 0.304. The van der Waals surface area contributed by atoms with Crippen LogP contribution in [0.5, 0.6) is 0 Å². The number of anilines is 1. The Labute approximate surface area is 187 Å². The molecule has 31 heavy (non-hydrogen) atoms. The molecule has 0 atom stereocenters. The first-order valence-electron chi connectivity index (χ1n) is 10.3. The quantitative estimate of drug-likeness (QED) is 0.430. The van der Waals surface area contributed by atoms with E-state index in [2.05, 4.69) is 51.1 Å². The Morgan fingerprint density at radius 1 is 1.19 bits per heavy atom. The van der Waals surface area contributed by atoms with Gasteiger partial charge in [0.1, 0.15) is 5.82 Å². The molecule has 1 saturated carbocycles. The highest BCUT2D eigenvalue weighted by atomic mass is 79.9. The highest BCUT2D eigenvalue weighted by molar-refractivity contribution is 9.10. The first kappa shape index (κ1) is 19.9. The molecular weight excluding hydrogens is 458 g/mol. The van der Waals surface area contributed by atoms with Gasteiger partial charge in [0.05, 0.1) is 27.8 Å². The van der Waals surface area contributed by atoms with Gasteiger partial charge in [0.2, 0.25) is 0 Å². The maximum absolute atomic E-state index is 11.3. The van der Waals surface area contributed by atoms with E-state index in [1.807, 2.05) is 12.3 Å². The molecule has 1 aromatic carbocycles. The van der Waals surface area contributed by atoms with Gasteiger partial charge in [-0.1, -0.05) is 11.6 Å². The van der Waals surface area contributed by atoms with Gasteiger partial charge in [-0.15, -0.1) is 0 Å². The van der Waals surface area contributed by atoms with E-state index in [4.69, 9.17) is 10.7 Å². The Kier molecular flexibility index (Phi) is 4.89. The van der Waals surface area contributed by atoms with E-state index in [1.165, 1.54) is 5.56 Å². The summed E-state index contributed by atoms with van der Waals surface area (Å²) in [6.07, 6.45) is 6.47. The van der Waals surface area contributed by atoms with Crippen LogP contribution in [-0.2, 0) is 4.79 Å². The normalized spacial score (nSPS) is 19.2. The van der Waals surface area contributed by atoms with Gasteiger partial charge in [-0.3, -0.25) is 9.78 Å². The van der Waals surface area contributed by atoms with Crippen LogP contribution in [0.15, 0.2) is 41.1 Å². The molecule has 0 spiro atoms. The molecule has 1 aliphatic carbocycles. The fourth-order valence-electron chi connectivity index (χ4n) is 4.50. The third kappa shape index (κ3) is 3.44. The number of rotatable bonds is 3. The summed E-state index contributed by atoms with van der Waals surface area (Å²) in [6, 6.07) is 8.28. The van der Waals surface area contributed by atoms with Crippen molar-refractivity contribution in [1.82, 2.24) is 19.6 Å². The first-order valence-corrected chi connectivity index (χ1v) is 11.1. The Morgan fingerprint density at radius 2 is 1.97 bits per heavy atom. The van der Waals surface area contributed by atoms with E-state index >= 15 is 0 Å². The standard InChI is InChI=1S/C23H22BrN5O2/c1-12-2-7-18-15(8-12)9-16(10-26-18)17-11-27-29-21(25)19(24)20(28-22(17)29)13-3-5-14(6-4-13)23(30)31/h2,7-11,13-14H,3-6,25H2,1H3,(H,30,31). The van der Waals surface area contributed by atoms with Crippen molar-refractivity contribution in [2.45, 2.75) is 38.5 Å². The van der Waals surface area contributed by atoms with E-state index in [-0.39, 0.29) is 11.8 Å². The topological polar surface area (TPSA) is 106 Å². The summed E-state index contributed by atoms with van der Waals surface area (Å²) in [5.74, 6) is -0.320. The average Bonchev–Trinajstić information content (AvgIpc) is 3.20. The van der Waals surface area contributed by atoms with E-state index in [1.54, 1.807) is 10.7 Å². The highest BCUT2D eigenvalue weighted by Crippen LogP contribution is 2.40. The summed E-state index contributed by atoms with van der Waals surface area (Å²) in [6.45, 7) is 2.06. The van der Waals surface area contributed by atoms with Gasteiger partial charge in [-0.2, -0.15) is 9.61 Å². The summed E-state index contributed by atoms with van der Waals surface area (Å²) >= 11 is 3.61. The van der Waals surface area contributed by atoms with Crippen LogP contribution in [0.2, 0.25) is 0 Å². The van der Waals surface area contributed by atoms with E-state index in [0.717, 1.165) is 45.0 Å². The Morgan fingerprint density at radius 3 is 2.71 bits per heavy atom. The fourth-order valence-corrected chi connectivity index (χ4v) is 5.08. The van der Waals surface area contributed by atoms with Gasteiger partial charge >= 0.3 is 5.97 Å². The number of carbonyl (C=O) groups is 1. The first-order chi connectivity index (χ1) is 14.9. The summed E-state index contributed by atoms with van der Waals surface area (Å²) < 4.78 is 2.38. The number of carboxylic acid groups (broad SMARTS) is 1. The number of pyridine rings is 1. The van der Waals surface area contributed by atoms with Crippen molar-refractivity contribution in [3.63, 3.8) is 0 Å². The second kappa shape index (κ2) is 7.60. The highest BCUT2D eigenvalue weighted by Gasteiger charge is 2.30. The van der Waals surface area contributed by atoms with Crippen LogP contribution < -0.4 is 5.73 Å². The van der Waals surface area contributed by atoms with Gasteiger partial charge in [0, 0.05) is 28.6 Å². The molecule has 3 heterocycles. The number of nitrogens with zero attached hydrogens (tertiary/aromatic N) is 4. The number of aliphatic carboxylic acids is 1. The van der Waals surface area contributed by atoms with Crippen LogP contribution in [-0.4, -0.2) is 30.7 Å². The van der Waals surface area contributed by atoms with E-state index in [9.17, 15) is 9.90 Å². The number of nitrogens with two attached hydrogens (primary N) is 1. The van der Waals surface area contributed by atoms with Crippen molar-refractivity contribution in [3.05, 3.63) is 52.4 Å². The largest absolute Gasteiger partial charge is 0.481 e. The number of aromatic nitrogens is 4. The average molecular weight is 480 g/mol. The number of aryl methyl sites for hydroxylation is 1. The molecule has 8 heteroatoms. The minimum absolute atomic E-state index is 0.164. The lowest BCUT2D eigenvalue weighted by Crippen LogP contribution is -2.21. The van der Waals surface area contributed by atoms with E-state index in [0.29, 0.717) is 24.3 Å². The molecule has 3 aromatic heterocycles.